The molecule has 0 saturated heterocycles. The normalized spacial score (nSPS) is 11.1. The highest BCUT2D eigenvalue weighted by atomic mass is 16.4. The molecule has 0 aliphatic rings. The van der Waals surface area contributed by atoms with Gasteiger partial charge < -0.3 is 9.67 Å². The summed E-state index contributed by atoms with van der Waals surface area (Å²) in [5.41, 5.74) is 1.15. The van der Waals surface area contributed by atoms with Gasteiger partial charge in [0.1, 0.15) is 17.8 Å². The van der Waals surface area contributed by atoms with Crippen LogP contribution in [-0.4, -0.2) is 30.4 Å². The van der Waals surface area contributed by atoms with E-state index >= 15 is 0 Å². The first-order valence-electron chi connectivity index (χ1n) is 6.39. The predicted octanol–water partition coefficient (Wildman–Crippen LogP) is 2.00. The summed E-state index contributed by atoms with van der Waals surface area (Å²) in [6.07, 6.45) is 1.49. The number of nitrogens with zero attached hydrogens (tertiary/aromatic N) is 4. The first kappa shape index (κ1) is 12.4. The highest BCUT2D eigenvalue weighted by molar-refractivity contribution is 5.94. The van der Waals surface area contributed by atoms with E-state index in [9.17, 15) is 9.90 Å². The smallest absolute Gasteiger partial charge is 0.352 e. The Labute approximate surface area is 115 Å². The number of carboxylic acid groups (broad SMARTS) is 1. The third-order valence-electron chi connectivity index (χ3n) is 3.32. The Hall–Kier alpha value is -2.63. The van der Waals surface area contributed by atoms with Crippen LogP contribution in [0.3, 0.4) is 0 Å². The van der Waals surface area contributed by atoms with Crippen molar-refractivity contribution in [2.45, 2.75) is 20.0 Å². The average Bonchev–Trinajstić information content (AvgIpc) is 3.04. The molecule has 0 bridgehead atoms. The van der Waals surface area contributed by atoms with Crippen LogP contribution in [0.15, 0.2) is 36.7 Å². The molecule has 0 aliphatic carbocycles. The Bertz CT molecular complexity index is 772. The van der Waals surface area contributed by atoms with Crippen LogP contribution in [0.1, 0.15) is 23.2 Å². The molecule has 0 radical (unpaired) electrons. The monoisotopic (exact) mass is 270 g/mol. The predicted molar refractivity (Wildman–Crippen MR) is 73.7 cm³/mol. The molecule has 2 heterocycles. The molecule has 20 heavy (non-hydrogen) atoms. The molecule has 2 aromatic heterocycles. The van der Waals surface area contributed by atoms with E-state index in [4.69, 9.17) is 0 Å². The van der Waals surface area contributed by atoms with Gasteiger partial charge in [0.25, 0.3) is 0 Å². The van der Waals surface area contributed by atoms with E-state index < -0.39 is 5.97 Å². The molecule has 3 rings (SSSR count). The zero-order valence-corrected chi connectivity index (χ0v) is 11.0. The van der Waals surface area contributed by atoms with E-state index in [1.807, 2.05) is 31.2 Å². The number of carboxylic acids is 1. The van der Waals surface area contributed by atoms with Gasteiger partial charge in [0, 0.05) is 17.4 Å². The third kappa shape index (κ3) is 1.95. The molecular weight excluding hydrogens is 256 g/mol. The summed E-state index contributed by atoms with van der Waals surface area (Å²) >= 11 is 0. The molecule has 1 N–H and O–H groups in total. The van der Waals surface area contributed by atoms with Gasteiger partial charge in [-0.15, -0.1) is 0 Å². The number of aromatic carboxylic acids is 1. The lowest BCUT2D eigenvalue weighted by molar-refractivity contribution is 0.0686. The summed E-state index contributed by atoms with van der Waals surface area (Å²) in [6, 6.07) is 9.30. The lowest BCUT2D eigenvalue weighted by atomic mass is 10.2. The standard InChI is InChI=1S/C14H14N4O2/c1-2-18-13(15-9-16-18)8-17-11-6-4-3-5-10(11)7-12(17)14(19)20/h3-7,9H,2,8H2,1H3,(H,19,20). The van der Waals surface area contributed by atoms with Crippen LogP contribution in [0.25, 0.3) is 10.9 Å². The number of hydrogen-bond donors (Lipinski definition) is 1. The minimum atomic E-state index is -0.941. The van der Waals surface area contributed by atoms with E-state index in [1.54, 1.807) is 15.3 Å². The van der Waals surface area contributed by atoms with Crippen LogP contribution >= 0.6 is 0 Å². The molecule has 0 aliphatic heterocycles. The van der Waals surface area contributed by atoms with Crippen molar-refractivity contribution in [2.75, 3.05) is 0 Å². The lowest BCUT2D eigenvalue weighted by Crippen LogP contribution is -2.13. The van der Waals surface area contributed by atoms with E-state index in [0.29, 0.717) is 13.1 Å². The molecule has 1 aromatic carbocycles. The van der Waals surface area contributed by atoms with Gasteiger partial charge in [0.05, 0.1) is 6.54 Å². The van der Waals surface area contributed by atoms with Crippen LogP contribution in [-0.2, 0) is 13.1 Å². The second-order valence-corrected chi connectivity index (χ2v) is 4.47. The Morgan fingerprint density at radius 3 is 2.90 bits per heavy atom. The van der Waals surface area contributed by atoms with Crippen molar-refractivity contribution < 1.29 is 9.90 Å². The first-order valence-corrected chi connectivity index (χ1v) is 6.39. The maximum atomic E-state index is 11.4. The molecule has 3 aromatic rings. The van der Waals surface area contributed by atoms with Gasteiger partial charge in [-0.1, -0.05) is 18.2 Å². The highest BCUT2D eigenvalue weighted by Gasteiger charge is 2.16. The number of rotatable bonds is 4. The maximum Gasteiger partial charge on any atom is 0.352 e. The maximum absolute atomic E-state index is 11.4. The summed E-state index contributed by atoms with van der Waals surface area (Å²) in [5, 5.41) is 14.4. The Balaban J connectivity index is 2.14. The number of fused-ring (bicyclic) bond motifs is 1. The van der Waals surface area contributed by atoms with Crippen LogP contribution in [0.2, 0.25) is 0 Å². The number of carbonyl (C=O) groups is 1. The average molecular weight is 270 g/mol. The van der Waals surface area contributed by atoms with Gasteiger partial charge in [0.2, 0.25) is 0 Å². The van der Waals surface area contributed by atoms with Crippen LogP contribution in [0, 0.1) is 0 Å². The number of aryl methyl sites for hydroxylation is 1. The van der Waals surface area contributed by atoms with E-state index in [2.05, 4.69) is 10.1 Å². The van der Waals surface area contributed by atoms with Crippen molar-refractivity contribution in [1.82, 2.24) is 19.3 Å². The summed E-state index contributed by atoms with van der Waals surface area (Å²) in [6.45, 7) is 3.07. The van der Waals surface area contributed by atoms with Crippen LogP contribution in [0.4, 0.5) is 0 Å². The quantitative estimate of drug-likeness (QED) is 0.787. The number of para-hydroxylation sites is 1. The second-order valence-electron chi connectivity index (χ2n) is 4.47. The fourth-order valence-electron chi connectivity index (χ4n) is 2.37. The topological polar surface area (TPSA) is 72.9 Å². The van der Waals surface area contributed by atoms with Gasteiger partial charge in [-0.3, -0.25) is 0 Å². The molecule has 102 valence electrons. The summed E-state index contributed by atoms with van der Waals surface area (Å²) in [5.74, 6) is -0.194. The Morgan fingerprint density at radius 2 is 2.15 bits per heavy atom. The van der Waals surface area contributed by atoms with Gasteiger partial charge in [0.15, 0.2) is 0 Å². The van der Waals surface area contributed by atoms with E-state index in [0.717, 1.165) is 16.7 Å². The molecule has 0 saturated carbocycles. The number of benzene rings is 1. The largest absolute Gasteiger partial charge is 0.477 e. The van der Waals surface area contributed by atoms with Crippen molar-refractivity contribution in [3.05, 3.63) is 48.2 Å². The van der Waals surface area contributed by atoms with Crippen molar-refractivity contribution in [2.24, 2.45) is 0 Å². The third-order valence-corrected chi connectivity index (χ3v) is 3.32. The molecule has 0 fully saturated rings. The first-order chi connectivity index (χ1) is 9.70. The summed E-state index contributed by atoms with van der Waals surface area (Å²) < 4.78 is 3.52. The van der Waals surface area contributed by atoms with Crippen molar-refractivity contribution >= 4 is 16.9 Å². The lowest BCUT2D eigenvalue weighted by Gasteiger charge is -2.08. The van der Waals surface area contributed by atoms with Gasteiger partial charge in [-0.05, 0) is 19.1 Å². The number of aromatic nitrogens is 4. The summed E-state index contributed by atoms with van der Waals surface area (Å²) in [4.78, 5) is 15.6. The Morgan fingerprint density at radius 1 is 1.35 bits per heavy atom. The zero-order chi connectivity index (χ0) is 14.1. The van der Waals surface area contributed by atoms with Crippen molar-refractivity contribution in [3.8, 4) is 0 Å². The molecule has 0 spiro atoms. The van der Waals surface area contributed by atoms with Crippen molar-refractivity contribution in [3.63, 3.8) is 0 Å². The van der Waals surface area contributed by atoms with Crippen LogP contribution in [0.5, 0.6) is 0 Å². The van der Waals surface area contributed by atoms with E-state index in [1.165, 1.54) is 6.33 Å². The molecule has 6 heteroatoms. The molecule has 6 nitrogen and oxygen atoms in total. The van der Waals surface area contributed by atoms with Gasteiger partial charge in [-0.25, -0.2) is 14.5 Å². The molecule has 0 unspecified atom stereocenters. The SMILES string of the molecule is CCn1ncnc1Cn1c(C(=O)O)cc2ccccc21. The molecule has 0 amide bonds. The van der Waals surface area contributed by atoms with E-state index in [-0.39, 0.29) is 5.69 Å². The molecule has 0 atom stereocenters. The second kappa shape index (κ2) is 4.80. The number of hydrogen-bond acceptors (Lipinski definition) is 3. The fourth-order valence-corrected chi connectivity index (χ4v) is 2.37. The Kier molecular flexibility index (Phi) is 2.98. The fraction of sp³-hybridized carbons (Fsp3) is 0.214. The minimum Gasteiger partial charge on any atom is -0.477 e. The minimum absolute atomic E-state index is 0.261. The van der Waals surface area contributed by atoms with Gasteiger partial charge >= 0.3 is 5.97 Å². The van der Waals surface area contributed by atoms with Crippen LogP contribution < -0.4 is 0 Å². The highest BCUT2D eigenvalue weighted by Crippen LogP contribution is 2.20. The zero-order valence-electron chi connectivity index (χ0n) is 11.0. The van der Waals surface area contributed by atoms with Crippen molar-refractivity contribution in [1.29, 1.82) is 0 Å². The summed E-state index contributed by atoms with van der Waals surface area (Å²) in [7, 11) is 0. The molecular formula is C14H14N4O2. The van der Waals surface area contributed by atoms with Gasteiger partial charge in [-0.2, -0.15) is 5.10 Å².